The van der Waals surface area contributed by atoms with Gasteiger partial charge in [-0.05, 0) is 49.4 Å². The highest BCUT2D eigenvalue weighted by molar-refractivity contribution is 7.15. The van der Waals surface area contributed by atoms with Gasteiger partial charge in [0, 0.05) is 69.5 Å². The number of aromatic nitrogens is 1. The van der Waals surface area contributed by atoms with Gasteiger partial charge >= 0.3 is 0 Å². The quantitative estimate of drug-likeness (QED) is 0.417. The zero-order valence-electron chi connectivity index (χ0n) is 22.4. The van der Waals surface area contributed by atoms with Gasteiger partial charge in [0.15, 0.2) is 5.13 Å². The molecule has 5 rings (SSSR count). The van der Waals surface area contributed by atoms with Gasteiger partial charge in [-0.3, -0.25) is 4.90 Å². The Morgan fingerprint density at radius 2 is 1.68 bits per heavy atom. The van der Waals surface area contributed by atoms with Crippen molar-refractivity contribution in [1.82, 2.24) is 14.8 Å². The fourth-order valence-corrected chi connectivity index (χ4v) is 6.04. The van der Waals surface area contributed by atoms with Crippen molar-refractivity contribution in [3.63, 3.8) is 0 Å². The average molecular weight is 522 g/mol. The lowest BCUT2D eigenvalue weighted by Gasteiger charge is -2.34. The van der Waals surface area contributed by atoms with Crippen LogP contribution in [0.4, 0.5) is 10.8 Å². The third-order valence-corrected chi connectivity index (χ3v) is 8.51. The maximum absolute atomic E-state index is 5.54. The number of hydrogen-bond acceptors (Lipinski definition) is 8. The minimum absolute atomic E-state index is 0.779. The molecule has 8 heteroatoms. The summed E-state index contributed by atoms with van der Waals surface area (Å²) in [6.07, 6.45) is 0. The van der Waals surface area contributed by atoms with E-state index in [0.717, 1.165) is 88.7 Å². The highest BCUT2D eigenvalue weighted by atomic mass is 32.1. The number of nitrogens with zero attached hydrogens (tertiary/aromatic N) is 5. The summed E-state index contributed by atoms with van der Waals surface area (Å²) in [7, 11) is 3.92. The summed E-state index contributed by atoms with van der Waals surface area (Å²) in [6.45, 7) is 12.7. The lowest BCUT2D eigenvalue weighted by molar-refractivity contribution is 0.0345. The number of hydrogen-bond donors (Lipinski definition) is 0. The van der Waals surface area contributed by atoms with Crippen molar-refractivity contribution in [2.45, 2.75) is 26.6 Å². The topological polar surface area (TPSA) is 44.3 Å². The number of rotatable bonds is 9. The maximum atomic E-state index is 5.54. The molecule has 2 aliphatic rings. The molecule has 3 heterocycles. The minimum Gasteiger partial charge on any atom is -0.497 e. The van der Waals surface area contributed by atoms with Crippen molar-refractivity contribution in [3.8, 4) is 5.75 Å². The van der Waals surface area contributed by atoms with Crippen LogP contribution in [0.3, 0.4) is 0 Å². The molecule has 2 aromatic carbocycles. The molecule has 37 heavy (non-hydrogen) atoms. The van der Waals surface area contributed by atoms with Gasteiger partial charge in [-0.15, -0.1) is 11.3 Å². The number of methoxy groups -OCH3 is 1. The predicted molar refractivity (Wildman–Crippen MR) is 152 cm³/mol. The Labute approximate surface area is 225 Å². The Balaban J connectivity index is 1.35. The number of anilines is 2. The molecule has 1 aromatic heterocycles. The summed E-state index contributed by atoms with van der Waals surface area (Å²) in [5.41, 5.74) is 4.96. The van der Waals surface area contributed by atoms with Crippen LogP contribution >= 0.6 is 11.3 Å². The molecule has 0 amide bonds. The van der Waals surface area contributed by atoms with Crippen molar-refractivity contribution in [1.29, 1.82) is 0 Å². The molecule has 0 spiro atoms. The van der Waals surface area contributed by atoms with Crippen molar-refractivity contribution in [2.75, 3.05) is 76.4 Å². The molecule has 2 aliphatic heterocycles. The number of thiazole rings is 1. The van der Waals surface area contributed by atoms with E-state index in [2.05, 4.69) is 76.0 Å². The molecular weight excluding hydrogens is 482 g/mol. The van der Waals surface area contributed by atoms with Crippen LogP contribution in [0.15, 0.2) is 48.5 Å². The molecule has 0 radical (unpaired) electrons. The third kappa shape index (κ3) is 6.82. The van der Waals surface area contributed by atoms with E-state index >= 15 is 0 Å². The molecule has 2 saturated heterocycles. The van der Waals surface area contributed by atoms with E-state index in [1.54, 1.807) is 7.11 Å². The largest absolute Gasteiger partial charge is 0.497 e. The molecule has 0 unspecified atom stereocenters. The Hall–Kier alpha value is -2.65. The fourth-order valence-electron chi connectivity index (χ4n) is 4.94. The van der Waals surface area contributed by atoms with Crippen molar-refractivity contribution in [2.24, 2.45) is 0 Å². The normalized spacial score (nSPS) is 17.2. The first-order chi connectivity index (χ1) is 18.1. The number of ether oxygens (including phenoxy) is 2. The first kappa shape index (κ1) is 26.0. The number of morpholine rings is 1. The molecular formula is C29H39N5O2S. The summed E-state index contributed by atoms with van der Waals surface area (Å²) >= 11 is 1.82. The molecule has 7 nitrogen and oxygen atoms in total. The number of aryl methyl sites for hydroxylation is 1. The summed E-state index contributed by atoms with van der Waals surface area (Å²) in [5, 5.41) is 1.08. The third-order valence-electron chi connectivity index (χ3n) is 7.31. The zero-order valence-corrected chi connectivity index (χ0v) is 23.2. The van der Waals surface area contributed by atoms with Crippen LogP contribution in [0.25, 0.3) is 0 Å². The summed E-state index contributed by atoms with van der Waals surface area (Å²) in [5.74, 6) is 0.886. The number of piperazine rings is 1. The van der Waals surface area contributed by atoms with E-state index in [0.29, 0.717) is 0 Å². The van der Waals surface area contributed by atoms with Crippen LogP contribution in [0.5, 0.6) is 5.75 Å². The Kier molecular flexibility index (Phi) is 8.61. The molecule has 0 N–H and O–H groups in total. The standard InChI is InChI=1S/C29H39N5O2S/c1-23-28(22-32-15-17-36-18-16-32)37-29(30-23)34(21-25-5-4-6-27(19-25)35-3)20-24-7-9-26(10-8-24)33-13-11-31(2)12-14-33/h4-10,19H,11-18,20-22H2,1-3H3. The summed E-state index contributed by atoms with van der Waals surface area (Å²) in [6, 6.07) is 17.5. The SMILES string of the molecule is COc1cccc(CN(Cc2ccc(N3CCN(C)CC3)cc2)c2nc(C)c(CN3CCOCC3)s2)c1. The molecule has 0 atom stereocenters. The van der Waals surface area contributed by atoms with E-state index in [1.165, 1.54) is 21.7 Å². The minimum atomic E-state index is 0.779. The fraction of sp³-hybridized carbons (Fsp3) is 0.483. The Morgan fingerprint density at radius 1 is 0.946 bits per heavy atom. The zero-order chi connectivity index (χ0) is 25.6. The van der Waals surface area contributed by atoms with Crippen LogP contribution < -0.4 is 14.5 Å². The van der Waals surface area contributed by atoms with Gasteiger partial charge in [0.1, 0.15) is 5.75 Å². The van der Waals surface area contributed by atoms with Gasteiger partial charge in [-0.25, -0.2) is 4.98 Å². The van der Waals surface area contributed by atoms with Gasteiger partial charge in [0.25, 0.3) is 0 Å². The Morgan fingerprint density at radius 3 is 2.41 bits per heavy atom. The predicted octanol–water partition coefficient (Wildman–Crippen LogP) is 4.25. The average Bonchev–Trinajstić information content (AvgIpc) is 3.29. The Bertz CT molecular complexity index is 1140. The molecule has 0 bridgehead atoms. The van der Waals surface area contributed by atoms with Gasteiger partial charge in [-0.1, -0.05) is 24.3 Å². The molecule has 0 aliphatic carbocycles. The highest BCUT2D eigenvalue weighted by Crippen LogP contribution is 2.31. The lowest BCUT2D eigenvalue weighted by Crippen LogP contribution is -2.44. The van der Waals surface area contributed by atoms with Gasteiger partial charge < -0.3 is 24.2 Å². The van der Waals surface area contributed by atoms with Crippen molar-refractivity contribution in [3.05, 3.63) is 70.2 Å². The summed E-state index contributed by atoms with van der Waals surface area (Å²) in [4.78, 5) is 16.1. The van der Waals surface area contributed by atoms with Gasteiger partial charge in [0.05, 0.1) is 26.0 Å². The molecule has 0 saturated carbocycles. The number of benzene rings is 2. The maximum Gasteiger partial charge on any atom is 0.186 e. The van der Waals surface area contributed by atoms with Gasteiger partial charge in [-0.2, -0.15) is 0 Å². The highest BCUT2D eigenvalue weighted by Gasteiger charge is 2.19. The van der Waals surface area contributed by atoms with Crippen molar-refractivity contribution < 1.29 is 9.47 Å². The molecule has 3 aromatic rings. The monoisotopic (exact) mass is 521 g/mol. The first-order valence-corrected chi connectivity index (χ1v) is 14.1. The second-order valence-electron chi connectivity index (χ2n) is 10.1. The van der Waals surface area contributed by atoms with E-state index in [4.69, 9.17) is 14.5 Å². The first-order valence-electron chi connectivity index (χ1n) is 13.2. The second kappa shape index (κ2) is 12.3. The van der Waals surface area contributed by atoms with Crippen LogP contribution in [0, 0.1) is 6.92 Å². The van der Waals surface area contributed by atoms with Crippen molar-refractivity contribution >= 4 is 22.2 Å². The van der Waals surface area contributed by atoms with Gasteiger partial charge in [0.2, 0.25) is 0 Å². The van der Waals surface area contributed by atoms with Crippen LogP contribution in [-0.2, 0) is 24.4 Å². The van der Waals surface area contributed by atoms with Crippen LogP contribution in [-0.4, -0.2) is 81.4 Å². The number of likely N-dealkylation sites (N-methyl/N-ethyl adjacent to an activating group) is 1. The van der Waals surface area contributed by atoms with Crippen LogP contribution in [0.2, 0.25) is 0 Å². The van der Waals surface area contributed by atoms with E-state index < -0.39 is 0 Å². The van der Waals surface area contributed by atoms with E-state index in [-0.39, 0.29) is 0 Å². The molecule has 198 valence electrons. The van der Waals surface area contributed by atoms with E-state index in [9.17, 15) is 0 Å². The van der Waals surface area contributed by atoms with E-state index in [1.807, 2.05) is 17.4 Å². The smallest absolute Gasteiger partial charge is 0.186 e. The molecule has 2 fully saturated rings. The lowest BCUT2D eigenvalue weighted by atomic mass is 10.1. The van der Waals surface area contributed by atoms with Crippen LogP contribution in [0.1, 0.15) is 21.7 Å². The second-order valence-corrected chi connectivity index (χ2v) is 11.1. The summed E-state index contributed by atoms with van der Waals surface area (Å²) < 4.78 is 11.0.